The Balaban J connectivity index is 2.96. The summed E-state index contributed by atoms with van der Waals surface area (Å²) < 4.78 is 0. The van der Waals surface area contributed by atoms with Crippen LogP contribution in [0.5, 0.6) is 0 Å². The lowest BCUT2D eigenvalue weighted by atomic mass is 10.3. The fourth-order valence-electron chi connectivity index (χ4n) is 1.12. The Morgan fingerprint density at radius 1 is 1.71 bits per heavy atom. The number of hydrogen-bond acceptors (Lipinski definition) is 7. The van der Waals surface area contributed by atoms with Crippen molar-refractivity contribution in [3.05, 3.63) is 16.3 Å². The van der Waals surface area contributed by atoms with Gasteiger partial charge in [0.05, 0.1) is 4.92 Å². The quantitative estimate of drug-likeness (QED) is 0.343. The van der Waals surface area contributed by atoms with Gasteiger partial charge in [0.15, 0.2) is 5.03 Å². The lowest BCUT2D eigenvalue weighted by molar-refractivity contribution is -0.388. The number of aromatic nitrogens is 2. The van der Waals surface area contributed by atoms with Crippen molar-refractivity contribution in [1.29, 1.82) is 0 Å². The Labute approximate surface area is 103 Å². The molecule has 0 saturated carbocycles. The summed E-state index contributed by atoms with van der Waals surface area (Å²) in [6.45, 7) is 1.93. The Hall–Kier alpha value is -1.41. The van der Waals surface area contributed by atoms with Crippen LogP contribution in [0.2, 0.25) is 0 Å². The first-order chi connectivity index (χ1) is 8.08. The Kier molecular flexibility index (Phi) is 5.11. The normalized spacial score (nSPS) is 12.2. The van der Waals surface area contributed by atoms with Crippen molar-refractivity contribution in [1.82, 2.24) is 9.97 Å². The second-order valence-corrected chi connectivity index (χ2v) is 4.76. The van der Waals surface area contributed by atoms with Crippen LogP contribution in [0.15, 0.2) is 11.2 Å². The third-order valence-corrected chi connectivity index (χ3v) is 3.17. The highest BCUT2D eigenvalue weighted by Crippen LogP contribution is 2.31. The van der Waals surface area contributed by atoms with Gasteiger partial charge in [-0.3, -0.25) is 10.1 Å². The maximum Gasteiger partial charge on any atom is 0.319 e. The first-order valence-corrected chi connectivity index (χ1v) is 5.93. The van der Waals surface area contributed by atoms with Crippen molar-refractivity contribution in [2.24, 2.45) is 0 Å². The van der Waals surface area contributed by atoms with Gasteiger partial charge in [-0.1, -0.05) is 18.7 Å². The molecule has 0 saturated heterocycles. The molecular weight excluding hydrogens is 244 g/mol. The van der Waals surface area contributed by atoms with Gasteiger partial charge in [0.2, 0.25) is 5.95 Å². The molecule has 1 aromatic rings. The third-order valence-electron chi connectivity index (χ3n) is 2.00. The molecule has 1 aromatic heterocycles. The van der Waals surface area contributed by atoms with Gasteiger partial charge in [0, 0.05) is 18.9 Å². The van der Waals surface area contributed by atoms with E-state index in [-0.39, 0.29) is 17.5 Å². The summed E-state index contributed by atoms with van der Waals surface area (Å²) in [5.74, 6) is 0.342. The zero-order valence-corrected chi connectivity index (χ0v) is 10.4. The van der Waals surface area contributed by atoms with E-state index in [1.54, 1.807) is 7.05 Å². The van der Waals surface area contributed by atoms with E-state index in [0.29, 0.717) is 17.4 Å². The zero-order chi connectivity index (χ0) is 12.8. The van der Waals surface area contributed by atoms with Crippen LogP contribution in [-0.2, 0) is 0 Å². The summed E-state index contributed by atoms with van der Waals surface area (Å²) >= 11 is 1.26. The van der Waals surface area contributed by atoms with E-state index >= 15 is 0 Å². The molecule has 1 heterocycles. The number of rotatable bonds is 6. The van der Waals surface area contributed by atoms with E-state index in [0.717, 1.165) is 0 Å². The molecule has 1 atom stereocenters. The first kappa shape index (κ1) is 13.7. The van der Waals surface area contributed by atoms with Crippen LogP contribution >= 0.6 is 11.8 Å². The molecule has 7 nitrogen and oxygen atoms in total. The van der Waals surface area contributed by atoms with E-state index in [9.17, 15) is 10.1 Å². The number of hydrogen-bond donors (Lipinski definition) is 2. The summed E-state index contributed by atoms with van der Waals surface area (Å²) in [4.78, 5) is 18.2. The number of thioether (sulfide) groups is 1. The van der Waals surface area contributed by atoms with Crippen molar-refractivity contribution in [3.8, 4) is 0 Å². The molecule has 0 radical (unpaired) electrons. The Bertz CT molecular complexity index is 402. The smallest absolute Gasteiger partial charge is 0.319 e. The van der Waals surface area contributed by atoms with Gasteiger partial charge in [0.25, 0.3) is 0 Å². The topological polar surface area (TPSA) is 101 Å². The standard InChI is InChI=1S/C9H14N4O3S/c1-6(3-4-14)17-8-7(13(15)16)5-11-9(10-2)12-8/h5-6,14H,3-4H2,1-2H3,(H,10,11,12). The average molecular weight is 258 g/mol. The Morgan fingerprint density at radius 3 is 2.94 bits per heavy atom. The SMILES string of the molecule is CNc1ncc([N+](=O)[O-])c(SC(C)CCO)n1. The van der Waals surface area contributed by atoms with Gasteiger partial charge in [-0.15, -0.1) is 0 Å². The molecule has 17 heavy (non-hydrogen) atoms. The minimum Gasteiger partial charge on any atom is -0.396 e. The fourth-order valence-corrected chi connectivity index (χ4v) is 2.12. The van der Waals surface area contributed by atoms with Crippen molar-refractivity contribution in [2.75, 3.05) is 19.0 Å². The second-order valence-electron chi connectivity index (χ2n) is 3.33. The van der Waals surface area contributed by atoms with Crippen LogP contribution in [0, 0.1) is 10.1 Å². The summed E-state index contributed by atoms with van der Waals surface area (Å²) in [7, 11) is 1.65. The van der Waals surface area contributed by atoms with Crippen molar-refractivity contribution >= 4 is 23.4 Å². The molecule has 8 heteroatoms. The van der Waals surface area contributed by atoms with Crippen molar-refractivity contribution in [3.63, 3.8) is 0 Å². The molecule has 1 rings (SSSR count). The maximum atomic E-state index is 10.8. The molecule has 1 unspecified atom stereocenters. The summed E-state index contributed by atoms with van der Waals surface area (Å²) in [5, 5.41) is 22.7. The maximum absolute atomic E-state index is 10.8. The van der Waals surface area contributed by atoms with Gasteiger partial charge in [-0.05, 0) is 6.42 Å². The Morgan fingerprint density at radius 2 is 2.41 bits per heavy atom. The van der Waals surface area contributed by atoms with E-state index in [1.807, 2.05) is 6.92 Å². The highest BCUT2D eigenvalue weighted by Gasteiger charge is 2.19. The number of aliphatic hydroxyl groups excluding tert-OH is 1. The minimum atomic E-state index is -0.507. The number of aliphatic hydroxyl groups is 1. The van der Waals surface area contributed by atoms with Crippen LogP contribution in [0.1, 0.15) is 13.3 Å². The summed E-state index contributed by atoms with van der Waals surface area (Å²) in [6.07, 6.45) is 1.74. The van der Waals surface area contributed by atoms with Gasteiger partial charge < -0.3 is 10.4 Å². The molecule has 0 spiro atoms. The fraction of sp³-hybridized carbons (Fsp3) is 0.556. The average Bonchev–Trinajstić information content (AvgIpc) is 2.28. The number of nitrogens with zero attached hydrogens (tertiary/aromatic N) is 3. The molecule has 0 fully saturated rings. The van der Waals surface area contributed by atoms with Crippen molar-refractivity contribution < 1.29 is 10.0 Å². The molecule has 0 bridgehead atoms. The lowest BCUT2D eigenvalue weighted by Crippen LogP contribution is -2.05. The van der Waals surface area contributed by atoms with E-state index in [2.05, 4.69) is 15.3 Å². The van der Waals surface area contributed by atoms with Crippen LogP contribution in [0.25, 0.3) is 0 Å². The summed E-state index contributed by atoms with van der Waals surface area (Å²) in [6, 6.07) is 0. The third kappa shape index (κ3) is 3.82. The molecular formula is C9H14N4O3S. The number of nitro groups is 1. The summed E-state index contributed by atoms with van der Waals surface area (Å²) in [5.41, 5.74) is -0.112. The molecule has 0 amide bonds. The highest BCUT2D eigenvalue weighted by atomic mass is 32.2. The largest absolute Gasteiger partial charge is 0.396 e. The molecule has 2 N–H and O–H groups in total. The predicted molar refractivity (Wildman–Crippen MR) is 65.3 cm³/mol. The molecule has 0 aromatic carbocycles. The van der Waals surface area contributed by atoms with Gasteiger partial charge in [-0.25, -0.2) is 4.98 Å². The molecule has 0 aliphatic rings. The van der Waals surface area contributed by atoms with Crippen LogP contribution in [0.4, 0.5) is 11.6 Å². The number of anilines is 1. The van der Waals surface area contributed by atoms with E-state index < -0.39 is 4.92 Å². The molecule has 0 aliphatic carbocycles. The number of nitrogens with one attached hydrogen (secondary N) is 1. The highest BCUT2D eigenvalue weighted by molar-refractivity contribution is 8.00. The van der Waals surface area contributed by atoms with Crippen LogP contribution in [-0.4, -0.2) is 38.9 Å². The molecule has 0 aliphatic heterocycles. The van der Waals surface area contributed by atoms with Gasteiger partial charge in [0.1, 0.15) is 6.20 Å². The van der Waals surface area contributed by atoms with Crippen LogP contribution < -0.4 is 5.32 Å². The van der Waals surface area contributed by atoms with Gasteiger partial charge >= 0.3 is 5.69 Å². The minimum absolute atomic E-state index is 0.0476. The second kappa shape index (κ2) is 6.36. The van der Waals surface area contributed by atoms with E-state index in [4.69, 9.17) is 5.11 Å². The van der Waals surface area contributed by atoms with E-state index in [1.165, 1.54) is 18.0 Å². The molecule has 94 valence electrons. The van der Waals surface area contributed by atoms with Gasteiger partial charge in [-0.2, -0.15) is 4.98 Å². The lowest BCUT2D eigenvalue weighted by Gasteiger charge is -2.09. The van der Waals surface area contributed by atoms with Crippen molar-refractivity contribution in [2.45, 2.75) is 23.6 Å². The monoisotopic (exact) mass is 258 g/mol. The predicted octanol–water partition coefficient (Wildman–Crippen LogP) is 1.29. The first-order valence-electron chi connectivity index (χ1n) is 5.05. The zero-order valence-electron chi connectivity index (χ0n) is 9.58. The van der Waals surface area contributed by atoms with Crippen LogP contribution in [0.3, 0.4) is 0 Å².